The third-order valence-corrected chi connectivity index (χ3v) is 3.99. The second-order valence-electron chi connectivity index (χ2n) is 6.18. The molecule has 0 atom stereocenters. The number of carbonyl (C=O) groups excluding carboxylic acids is 3. The molecule has 9 nitrogen and oxygen atoms in total. The summed E-state index contributed by atoms with van der Waals surface area (Å²) in [6.45, 7) is 0.984. The average Bonchev–Trinajstić information content (AvgIpc) is 2.75. The summed E-state index contributed by atoms with van der Waals surface area (Å²) in [4.78, 5) is 35.9. The van der Waals surface area contributed by atoms with E-state index in [-0.39, 0.29) is 6.54 Å². The molecule has 2 aromatic carbocycles. The molecule has 0 radical (unpaired) electrons. The quantitative estimate of drug-likeness (QED) is 0.601. The van der Waals surface area contributed by atoms with Gasteiger partial charge in [-0.25, -0.2) is 0 Å². The van der Waals surface area contributed by atoms with Gasteiger partial charge in [0.05, 0.1) is 21.3 Å². The van der Waals surface area contributed by atoms with Gasteiger partial charge in [-0.2, -0.15) is 0 Å². The molecule has 30 heavy (non-hydrogen) atoms. The number of amides is 2. The van der Waals surface area contributed by atoms with Crippen molar-refractivity contribution in [1.29, 1.82) is 0 Å². The van der Waals surface area contributed by atoms with Gasteiger partial charge >= 0.3 is 5.97 Å². The van der Waals surface area contributed by atoms with Crippen LogP contribution in [-0.4, -0.2) is 52.3 Å². The summed E-state index contributed by atoms with van der Waals surface area (Å²) in [5, 5.41) is 5.03. The second-order valence-corrected chi connectivity index (χ2v) is 6.18. The van der Waals surface area contributed by atoms with Gasteiger partial charge in [0.15, 0.2) is 18.1 Å². The molecule has 9 heteroatoms. The Morgan fingerprint density at radius 3 is 2.17 bits per heavy atom. The summed E-state index contributed by atoms with van der Waals surface area (Å²) in [6.07, 6.45) is 0. The Labute approximate surface area is 174 Å². The Balaban J connectivity index is 1.85. The molecule has 2 amide bonds. The van der Waals surface area contributed by atoms with E-state index in [1.807, 2.05) is 13.0 Å². The molecule has 2 N–H and O–H groups in total. The molecule has 160 valence electrons. The van der Waals surface area contributed by atoms with Crippen LogP contribution < -0.4 is 24.8 Å². The first kappa shape index (κ1) is 22.5. The molecule has 0 saturated heterocycles. The molecule has 0 bridgehead atoms. The molecule has 2 rings (SSSR count). The van der Waals surface area contributed by atoms with E-state index >= 15 is 0 Å². The number of rotatable bonds is 9. The maximum absolute atomic E-state index is 12.1. The van der Waals surface area contributed by atoms with Crippen LogP contribution in [0.4, 0.5) is 5.69 Å². The SMILES string of the molecule is COc1cc(NC(=O)COC(=O)CNC(=O)c2cccc(C)c2)cc(OC)c1OC. The van der Waals surface area contributed by atoms with Gasteiger partial charge in [0.25, 0.3) is 11.8 Å². The predicted octanol–water partition coefficient (Wildman–Crippen LogP) is 1.93. The smallest absolute Gasteiger partial charge is 0.325 e. The molecule has 2 aromatic rings. The van der Waals surface area contributed by atoms with Crippen LogP contribution in [0.5, 0.6) is 17.2 Å². The molecular weight excluding hydrogens is 392 g/mol. The zero-order valence-corrected chi connectivity index (χ0v) is 17.2. The number of carbonyl (C=O) groups is 3. The first-order chi connectivity index (χ1) is 14.4. The Hall–Kier alpha value is -3.75. The van der Waals surface area contributed by atoms with Gasteiger partial charge in [0, 0.05) is 23.4 Å². The zero-order chi connectivity index (χ0) is 22.1. The van der Waals surface area contributed by atoms with Crippen molar-refractivity contribution in [3.63, 3.8) is 0 Å². The Morgan fingerprint density at radius 2 is 1.60 bits per heavy atom. The van der Waals surface area contributed by atoms with Crippen LogP contribution >= 0.6 is 0 Å². The number of methoxy groups -OCH3 is 3. The normalized spacial score (nSPS) is 10.0. The van der Waals surface area contributed by atoms with Gasteiger partial charge in [-0.3, -0.25) is 14.4 Å². The Morgan fingerprint density at radius 1 is 0.933 bits per heavy atom. The fraction of sp³-hybridized carbons (Fsp3) is 0.286. The van der Waals surface area contributed by atoms with E-state index in [0.717, 1.165) is 5.56 Å². The number of nitrogens with one attached hydrogen (secondary N) is 2. The van der Waals surface area contributed by atoms with Crippen molar-refractivity contribution < 1.29 is 33.3 Å². The van der Waals surface area contributed by atoms with E-state index in [9.17, 15) is 14.4 Å². The molecular formula is C21H24N2O7. The summed E-state index contributed by atoms with van der Waals surface area (Å²) < 4.78 is 20.5. The lowest BCUT2D eigenvalue weighted by Gasteiger charge is -2.14. The highest BCUT2D eigenvalue weighted by Crippen LogP contribution is 2.39. The van der Waals surface area contributed by atoms with Crippen LogP contribution in [0.1, 0.15) is 15.9 Å². The van der Waals surface area contributed by atoms with Gasteiger partial charge in [0.2, 0.25) is 5.75 Å². The van der Waals surface area contributed by atoms with E-state index in [1.54, 1.807) is 30.3 Å². The monoisotopic (exact) mass is 416 g/mol. The van der Waals surface area contributed by atoms with Gasteiger partial charge in [-0.15, -0.1) is 0 Å². The van der Waals surface area contributed by atoms with Crippen LogP contribution in [0.25, 0.3) is 0 Å². The highest BCUT2D eigenvalue weighted by molar-refractivity contribution is 5.97. The lowest BCUT2D eigenvalue weighted by atomic mass is 10.1. The number of esters is 1. The molecule has 0 unspecified atom stereocenters. The molecule has 0 aliphatic carbocycles. The minimum atomic E-state index is -0.740. The van der Waals surface area contributed by atoms with E-state index in [4.69, 9.17) is 18.9 Å². The third kappa shape index (κ3) is 6.13. The molecule has 0 aliphatic heterocycles. The Bertz CT molecular complexity index is 902. The minimum Gasteiger partial charge on any atom is -0.493 e. The highest BCUT2D eigenvalue weighted by atomic mass is 16.5. The largest absolute Gasteiger partial charge is 0.493 e. The first-order valence-electron chi connectivity index (χ1n) is 8.98. The van der Waals surface area contributed by atoms with Crippen LogP contribution in [0.15, 0.2) is 36.4 Å². The van der Waals surface area contributed by atoms with Crippen molar-refractivity contribution in [2.45, 2.75) is 6.92 Å². The first-order valence-corrected chi connectivity index (χ1v) is 8.98. The molecule has 0 spiro atoms. The molecule has 0 aliphatic rings. The van der Waals surface area contributed by atoms with Crippen molar-refractivity contribution >= 4 is 23.5 Å². The summed E-state index contributed by atoms with van der Waals surface area (Å²) in [7, 11) is 4.38. The van der Waals surface area contributed by atoms with Crippen molar-refractivity contribution in [3.8, 4) is 17.2 Å². The van der Waals surface area contributed by atoms with Crippen molar-refractivity contribution in [1.82, 2.24) is 5.32 Å². The van der Waals surface area contributed by atoms with Gasteiger partial charge in [-0.1, -0.05) is 17.7 Å². The third-order valence-electron chi connectivity index (χ3n) is 3.99. The molecule has 0 fully saturated rings. The number of aryl methyl sites for hydroxylation is 1. The topological polar surface area (TPSA) is 112 Å². The van der Waals surface area contributed by atoms with Crippen LogP contribution in [-0.2, 0) is 14.3 Å². The number of ether oxygens (including phenoxy) is 4. The Kier molecular flexibility index (Phi) is 8.04. The van der Waals surface area contributed by atoms with Gasteiger partial charge in [0.1, 0.15) is 6.54 Å². The second kappa shape index (κ2) is 10.7. The zero-order valence-electron chi connectivity index (χ0n) is 17.2. The van der Waals surface area contributed by atoms with Gasteiger partial charge < -0.3 is 29.6 Å². The fourth-order valence-electron chi connectivity index (χ4n) is 2.59. The summed E-state index contributed by atoms with van der Waals surface area (Å²) in [6, 6.07) is 10.0. The van der Waals surface area contributed by atoms with E-state index < -0.39 is 24.4 Å². The van der Waals surface area contributed by atoms with Crippen molar-refractivity contribution in [3.05, 3.63) is 47.5 Å². The fourth-order valence-corrected chi connectivity index (χ4v) is 2.59. The number of anilines is 1. The van der Waals surface area contributed by atoms with E-state index in [2.05, 4.69) is 10.6 Å². The molecule has 0 heterocycles. The molecule has 0 saturated carbocycles. The lowest BCUT2D eigenvalue weighted by Crippen LogP contribution is -2.32. The van der Waals surface area contributed by atoms with Crippen LogP contribution in [0.2, 0.25) is 0 Å². The number of hydrogen-bond acceptors (Lipinski definition) is 7. The number of hydrogen-bond donors (Lipinski definition) is 2. The maximum atomic E-state index is 12.1. The van der Waals surface area contributed by atoms with Crippen LogP contribution in [0.3, 0.4) is 0 Å². The summed E-state index contributed by atoms with van der Waals surface area (Å²) >= 11 is 0. The van der Waals surface area contributed by atoms with E-state index in [0.29, 0.717) is 28.5 Å². The summed E-state index contributed by atoms with van der Waals surface area (Å²) in [5.41, 5.74) is 1.73. The van der Waals surface area contributed by atoms with Gasteiger partial charge in [-0.05, 0) is 19.1 Å². The van der Waals surface area contributed by atoms with E-state index in [1.165, 1.54) is 21.3 Å². The van der Waals surface area contributed by atoms with Crippen molar-refractivity contribution in [2.24, 2.45) is 0 Å². The van der Waals surface area contributed by atoms with Crippen molar-refractivity contribution in [2.75, 3.05) is 39.8 Å². The van der Waals surface area contributed by atoms with Crippen LogP contribution in [0, 0.1) is 6.92 Å². The minimum absolute atomic E-state index is 0.357. The average molecular weight is 416 g/mol. The lowest BCUT2D eigenvalue weighted by molar-refractivity contribution is -0.146. The highest BCUT2D eigenvalue weighted by Gasteiger charge is 2.15. The maximum Gasteiger partial charge on any atom is 0.325 e. The predicted molar refractivity (Wildman–Crippen MR) is 109 cm³/mol. The standard InChI is InChI=1S/C21H24N2O7/c1-13-6-5-7-14(8-13)21(26)22-11-19(25)30-12-18(24)23-15-9-16(27-2)20(29-4)17(10-15)28-3/h5-10H,11-12H2,1-4H3,(H,22,26)(H,23,24). The molecule has 0 aromatic heterocycles. The number of benzene rings is 2. The summed E-state index contributed by atoms with van der Waals surface area (Å²) in [5.74, 6) is -0.601.